The summed E-state index contributed by atoms with van der Waals surface area (Å²) >= 11 is 1.52. The highest BCUT2D eigenvalue weighted by molar-refractivity contribution is 7.09. The first-order valence-corrected chi connectivity index (χ1v) is 12.6. The second-order valence-electron chi connectivity index (χ2n) is 9.25. The Bertz CT molecular complexity index is 1300. The second kappa shape index (κ2) is 10.7. The summed E-state index contributed by atoms with van der Waals surface area (Å²) in [4.78, 5) is 30.4. The number of methoxy groups -OCH3 is 1. The molecule has 0 saturated carbocycles. The first kappa shape index (κ1) is 27.5. The van der Waals surface area contributed by atoms with Crippen molar-refractivity contribution in [3.05, 3.63) is 46.2 Å². The van der Waals surface area contributed by atoms with E-state index in [4.69, 9.17) is 14.6 Å². The maximum Gasteiger partial charge on any atom is 0.490 e. The molecule has 38 heavy (non-hydrogen) atoms. The summed E-state index contributed by atoms with van der Waals surface area (Å²) in [6, 6.07) is 7.97. The lowest BCUT2D eigenvalue weighted by molar-refractivity contribution is -0.192. The standard InChI is InChI=1S/C22H26N6O2S.C2HF3O2/c1-15-23-18(13-31-15)21(29)27-10-8-22(9-11-27)14-26(2)12-19-24-25-20(28(19)22)16-4-6-17(30-3)7-5-16;3-2(4,5)1(6)7/h4-7,13H,8-12,14H2,1-3H3;(H,6,7). The van der Waals surface area contributed by atoms with Crippen molar-refractivity contribution in [1.82, 2.24) is 29.5 Å². The lowest BCUT2D eigenvalue weighted by atomic mass is 9.84. The Morgan fingerprint density at radius 3 is 2.29 bits per heavy atom. The molecule has 2 aromatic heterocycles. The van der Waals surface area contributed by atoms with Crippen molar-refractivity contribution in [2.45, 2.75) is 38.0 Å². The van der Waals surface area contributed by atoms with Crippen molar-refractivity contribution in [3.63, 3.8) is 0 Å². The fourth-order valence-corrected chi connectivity index (χ4v) is 5.43. The van der Waals surface area contributed by atoms with E-state index in [0.29, 0.717) is 18.8 Å². The van der Waals surface area contributed by atoms with Gasteiger partial charge in [-0.05, 0) is 51.1 Å². The molecule has 1 fully saturated rings. The molecule has 0 radical (unpaired) electrons. The van der Waals surface area contributed by atoms with E-state index in [-0.39, 0.29) is 11.4 Å². The van der Waals surface area contributed by atoms with Crippen LogP contribution in [-0.2, 0) is 16.9 Å². The summed E-state index contributed by atoms with van der Waals surface area (Å²) in [6.45, 7) is 5.01. The summed E-state index contributed by atoms with van der Waals surface area (Å²) in [5, 5.41) is 19.0. The highest BCUT2D eigenvalue weighted by atomic mass is 32.1. The fraction of sp³-hybridized carbons (Fsp3) is 0.458. The number of rotatable bonds is 3. The maximum atomic E-state index is 12.9. The number of halogens is 3. The Morgan fingerprint density at radius 2 is 1.76 bits per heavy atom. The molecule has 0 bridgehead atoms. The average Bonchev–Trinajstić information content (AvgIpc) is 3.51. The minimum Gasteiger partial charge on any atom is -0.497 e. The van der Waals surface area contributed by atoms with Gasteiger partial charge in [0.15, 0.2) is 5.82 Å². The summed E-state index contributed by atoms with van der Waals surface area (Å²) in [7, 11) is 3.79. The molecule has 1 aromatic carbocycles. The highest BCUT2D eigenvalue weighted by Crippen LogP contribution is 2.39. The van der Waals surface area contributed by atoms with Gasteiger partial charge in [-0.25, -0.2) is 9.78 Å². The third-order valence-electron chi connectivity index (χ3n) is 6.59. The molecular weight excluding hydrogens is 525 g/mol. The number of carbonyl (C=O) groups excluding carboxylic acids is 1. The first-order valence-electron chi connectivity index (χ1n) is 11.7. The molecule has 0 unspecified atom stereocenters. The van der Waals surface area contributed by atoms with E-state index in [9.17, 15) is 18.0 Å². The number of carbonyl (C=O) groups is 2. The van der Waals surface area contributed by atoms with Gasteiger partial charge in [0.2, 0.25) is 0 Å². The molecule has 0 atom stereocenters. The Balaban J connectivity index is 0.000000426. The molecule has 0 aliphatic carbocycles. The molecule has 1 saturated heterocycles. The Morgan fingerprint density at radius 1 is 1.13 bits per heavy atom. The SMILES string of the molecule is COc1ccc(-c2nnc3n2C2(CCN(C(=O)c4csc(C)n4)CC2)CN(C)C3)cc1.O=C(O)C(F)(F)F. The number of piperidine rings is 1. The van der Waals surface area contributed by atoms with E-state index in [0.717, 1.165) is 53.9 Å². The van der Waals surface area contributed by atoms with Gasteiger partial charge in [0.05, 0.1) is 24.2 Å². The van der Waals surface area contributed by atoms with Gasteiger partial charge in [-0.3, -0.25) is 9.69 Å². The minimum absolute atomic E-state index is 0.0303. The predicted octanol–water partition coefficient (Wildman–Crippen LogP) is 3.43. The zero-order valence-corrected chi connectivity index (χ0v) is 21.8. The van der Waals surface area contributed by atoms with Crippen LogP contribution in [0.1, 0.15) is 34.2 Å². The molecular formula is C24H27F3N6O4S. The number of hydrogen-bond acceptors (Lipinski definition) is 8. The maximum absolute atomic E-state index is 12.9. The van der Waals surface area contributed by atoms with Crippen LogP contribution in [0.3, 0.4) is 0 Å². The number of likely N-dealkylation sites (N-methyl/N-ethyl adjacent to an activating group) is 1. The number of thiazole rings is 1. The predicted molar refractivity (Wildman–Crippen MR) is 132 cm³/mol. The van der Waals surface area contributed by atoms with Gasteiger partial charge in [0.1, 0.15) is 17.3 Å². The molecule has 2 aliphatic rings. The van der Waals surface area contributed by atoms with Crippen LogP contribution < -0.4 is 4.74 Å². The number of fused-ring (bicyclic) bond motifs is 2. The van der Waals surface area contributed by atoms with E-state index in [1.165, 1.54) is 11.3 Å². The van der Waals surface area contributed by atoms with Crippen LogP contribution in [0.2, 0.25) is 0 Å². The number of benzene rings is 1. The molecule has 4 heterocycles. The lowest BCUT2D eigenvalue weighted by Crippen LogP contribution is -2.56. The van der Waals surface area contributed by atoms with Gasteiger partial charge in [-0.1, -0.05) is 0 Å². The monoisotopic (exact) mass is 552 g/mol. The topological polar surface area (TPSA) is 114 Å². The highest BCUT2D eigenvalue weighted by Gasteiger charge is 2.44. The minimum atomic E-state index is -5.08. The Hall–Kier alpha value is -3.52. The molecule has 1 spiro atoms. The molecule has 1 N–H and O–H groups in total. The van der Waals surface area contributed by atoms with Gasteiger partial charge in [0, 0.05) is 30.6 Å². The summed E-state index contributed by atoms with van der Waals surface area (Å²) < 4.78 is 39.4. The summed E-state index contributed by atoms with van der Waals surface area (Å²) in [5.41, 5.74) is 1.46. The van der Waals surface area contributed by atoms with Crippen LogP contribution in [0.4, 0.5) is 13.2 Å². The molecule has 2 aliphatic heterocycles. The number of aliphatic carboxylic acids is 1. The lowest BCUT2D eigenvalue weighted by Gasteiger charge is -2.48. The number of carboxylic acids is 1. The smallest absolute Gasteiger partial charge is 0.490 e. The zero-order chi connectivity index (χ0) is 27.7. The van der Waals surface area contributed by atoms with Crippen LogP contribution in [0.15, 0.2) is 29.6 Å². The number of ether oxygens (including phenoxy) is 1. The number of likely N-dealkylation sites (tertiary alicyclic amines) is 1. The normalized spacial score (nSPS) is 16.9. The van der Waals surface area contributed by atoms with Crippen LogP contribution >= 0.6 is 11.3 Å². The summed E-state index contributed by atoms with van der Waals surface area (Å²) in [6.07, 6.45) is -3.36. The summed E-state index contributed by atoms with van der Waals surface area (Å²) in [5.74, 6) is -0.0361. The molecule has 204 valence electrons. The number of nitrogens with zero attached hydrogens (tertiary/aromatic N) is 6. The third-order valence-corrected chi connectivity index (χ3v) is 7.36. The van der Waals surface area contributed by atoms with Crippen molar-refractivity contribution in [3.8, 4) is 17.1 Å². The van der Waals surface area contributed by atoms with Crippen molar-refractivity contribution in [2.24, 2.45) is 0 Å². The van der Waals surface area contributed by atoms with E-state index < -0.39 is 12.1 Å². The van der Waals surface area contributed by atoms with E-state index in [1.54, 1.807) is 7.11 Å². The fourth-order valence-electron chi connectivity index (χ4n) is 4.85. The van der Waals surface area contributed by atoms with Gasteiger partial charge >= 0.3 is 12.1 Å². The first-order chi connectivity index (χ1) is 17.9. The van der Waals surface area contributed by atoms with E-state index in [2.05, 4.69) is 31.7 Å². The number of hydrogen-bond donors (Lipinski definition) is 1. The molecule has 14 heteroatoms. The van der Waals surface area contributed by atoms with Crippen molar-refractivity contribution >= 4 is 23.2 Å². The van der Waals surface area contributed by atoms with Crippen LogP contribution in [-0.4, -0.2) is 86.5 Å². The molecule has 10 nitrogen and oxygen atoms in total. The van der Waals surface area contributed by atoms with Gasteiger partial charge in [0.25, 0.3) is 5.91 Å². The van der Waals surface area contributed by atoms with E-state index >= 15 is 0 Å². The molecule has 1 amide bonds. The van der Waals surface area contributed by atoms with Crippen LogP contribution in [0, 0.1) is 6.92 Å². The Labute approximate surface area is 220 Å². The number of alkyl halides is 3. The number of carboxylic acid groups (broad SMARTS) is 1. The quantitative estimate of drug-likeness (QED) is 0.526. The van der Waals surface area contributed by atoms with Gasteiger partial charge in [-0.15, -0.1) is 21.5 Å². The second-order valence-corrected chi connectivity index (χ2v) is 10.3. The molecule has 3 aromatic rings. The largest absolute Gasteiger partial charge is 0.497 e. The zero-order valence-electron chi connectivity index (χ0n) is 21.0. The van der Waals surface area contributed by atoms with Gasteiger partial charge < -0.3 is 19.3 Å². The Kier molecular flexibility index (Phi) is 7.74. The van der Waals surface area contributed by atoms with Gasteiger partial charge in [-0.2, -0.15) is 13.2 Å². The number of aryl methyl sites for hydroxylation is 1. The number of aromatic nitrogens is 4. The number of amides is 1. The molecule has 5 rings (SSSR count). The van der Waals surface area contributed by atoms with Crippen LogP contribution in [0.5, 0.6) is 5.75 Å². The van der Waals surface area contributed by atoms with Crippen molar-refractivity contribution < 1.29 is 32.6 Å². The third kappa shape index (κ3) is 5.65. The van der Waals surface area contributed by atoms with Crippen LogP contribution in [0.25, 0.3) is 11.4 Å². The van der Waals surface area contributed by atoms with Crippen molar-refractivity contribution in [1.29, 1.82) is 0 Å². The van der Waals surface area contributed by atoms with Crippen molar-refractivity contribution in [2.75, 3.05) is 33.8 Å². The average molecular weight is 553 g/mol. The van der Waals surface area contributed by atoms with E-state index in [1.807, 2.05) is 41.5 Å².